The van der Waals surface area contributed by atoms with Crippen molar-refractivity contribution in [2.75, 3.05) is 23.4 Å². The van der Waals surface area contributed by atoms with E-state index in [1.165, 1.54) is 11.3 Å². The molecule has 2 amide bonds. The lowest BCUT2D eigenvalue weighted by Gasteiger charge is -2.16. The molecule has 0 atom stereocenters. The molecule has 30 heavy (non-hydrogen) atoms. The molecular formula is C23H22N2O4S. The minimum atomic E-state index is -0.402. The summed E-state index contributed by atoms with van der Waals surface area (Å²) in [4.78, 5) is 38.7. The molecule has 1 N–H and O–H groups in total. The molecule has 1 saturated heterocycles. The number of ether oxygens (including phenoxy) is 1. The number of fused-ring (bicyclic) bond motifs is 1. The van der Waals surface area contributed by atoms with Gasteiger partial charge in [-0.3, -0.25) is 9.59 Å². The van der Waals surface area contributed by atoms with Gasteiger partial charge >= 0.3 is 5.97 Å². The van der Waals surface area contributed by atoms with Gasteiger partial charge < -0.3 is 15.0 Å². The Morgan fingerprint density at radius 2 is 1.90 bits per heavy atom. The number of amides is 2. The van der Waals surface area contributed by atoms with E-state index in [9.17, 15) is 14.4 Å². The molecule has 0 spiro atoms. The molecular weight excluding hydrogens is 400 g/mol. The van der Waals surface area contributed by atoms with Gasteiger partial charge in [0.05, 0.1) is 6.42 Å². The van der Waals surface area contributed by atoms with Gasteiger partial charge in [0.2, 0.25) is 11.8 Å². The zero-order valence-electron chi connectivity index (χ0n) is 16.6. The highest BCUT2D eigenvalue weighted by atomic mass is 32.1. The normalized spacial score (nSPS) is 13.6. The third-order valence-corrected chi connectivity index (χ3v) is 6.38. The van der Waals surface area contributed by atoms with Gasteiger partial charge in [0.15, 0.2) is 0 Å². The Morgan fingerprint density at radius 3 is 2.60 bits per heavy atom. The van der Waals surface area contributed by atoms with Crippen LogP contribution in [0.3, 0.4) is 0 Å². The van der Waals surface area contributed by atoms with Crippen LogP contribution in [0.5, 0.6) is 0 Å². The molecule has 1 aliphatic rings. The average Bonchev–Trinajstić information content (AvgIpc) is 3.32. The van der Waals surface area contributed by atoms with Crippen molar-refractivity contribution < 1.29 is 19.1 Å². The average molecular weight is 423 g/mol. The van der Waals surface area contributed by atoms with Gasteiger partial charge in [0.1, 0.15) is 11.5 Å². The SMILES string of the molecule is Cc1c(C(=O)OCCC(=O)Nc2ccc(N3CCCC3=O)cc2)sc2ccccc12. The third-order valence-electron chi connectivity index (χ3n) is 5.13. The molecule has 3 aromatic rings. The Hall–Kier alpha value is -3.19. The maximum absolute atomic E-state index is 12.4. The summed E-state index contributed by atoms with van der Waals surface area (Å²) < 4.78 is 6.35. The molecule has 6 nitrogen and oxygen atoms in total. The minimum absolute atomic E-state index is 0.0126. The van der Waals surface area contributed by atoms with Crippen LogP contribution in [0.2, 0.25) is 0 Å². The van der Waals surface area contributed by atoms with Gasteiger partial charge in [-0.1, -0.05) is 18.2 Å². The highest BCUT2D eigenvalue weighted by molar-refractivity contribution is 7.21. The zero-order valence-corrected chi connectivity index (χ0v) is 17.5. The maximum Gasteiger partial charge on any atom is 0.348 e. The van der Waals surface area contributed by atoms with Crippen LogP contribution in [-0.2, 0) is 14.3 Å². The molecule has 1 aliphatic heterocycles. The van der Waals surface area contributed by atoms with Gasteiger partial charge in [0, 0.05) is 29.0 Å². The lowest BCUT2D eigenvalue weighted by Crippen LogP contribution is -2.23. The summed E-state index contributed by atoms with van der Waals surface area (Å²) in [6.45, 7) is 2.65. The van der Waals surface area contributed by atoms with Crippen molar-refractivity contribution >= 4 is 50.6 Å². The summed E-state index contributed by atoms with van der Waals surface area (Å²) in [5, 5.41) is 3.83. The van der Waals surface area contributed by atoms with E-state index in [0.29, 0.717) is 17.0 Å². The molecule has 1 aromatic heterocycles. The first-order valence-corrected chi connectivity index (χ1v) is 10.7. The standard InChI is InChI=1S/C23H22N2O4S/c1-15-18-5-2-3-6-19(18)30-22(15)23(28)29-14-12-20(26)24-16-8-10-17(11-9-16)25-13-4-7-21(25)27/h2-3,5-6,8-11H,4,7,12-14H2,1H3,(H,24,26). The summed E-state index contributed by atoms with van der Waals surface area (Å²) in [6, 6.07) is 15.0. The number of aryl methyl sites for hydroxylation is 1. The number of nitrogens with zero attached hydrogens (tertiary/aromatic N) is 1. The predicted molar refractivity (Wildman–Crippen MR) is 118 cm³/mol. The van der Waals surface area contributed by atoms with Crippen LogP contribution in [-0.4, -0.2) is 30.9 Å². The Bertz CT molecular complexity index is 1100. The topological polar surface area (TPSA) is 75.7 Å². The number of carbonyl (C=O) groups excluding carboxylic acids is 3. The molecule has 0 radical (unpaired) electrons. The summed E-state index contributed by atoms with van der Waals surface area (Å²) in [5.74, 6) is -0.510. The van der Waals surface area contributed by atoms with Gasteiger partial charge in [-0.2, -0.15) is 0 Å². The number of benzene rings is 2. The van der Waals surface area contributed by atoms with Gasteiger partial charge in [-0.25, -0.2) is 4.79 Å². The third kappa shape index (κ3) is 4.21. The zero-order chi connectivity index (χ0) is 21.1. The molecule has 1 fully saturated rings. The van der Waals surface area contributed by atoms with E-state index in [4.69, 9.17) is 4.74 Å². The Morgan fingerprint density at radius 1 is 1.13 bits per heavy atom. The predicted octanol–water partition coefficient (Wildman–Crippen LogP) is 4.52. The minimum Gasteiger partial charge on any atom is -0.461 e. The summed E-state index contributed by atoms with van der Waals surface area (Å²) in [7, 11) is 0. The lowest BCUT2D eigenvalue weighted by molar-refractivity contribution is -0.117. The maximum atomic E-state index is 12.4. The smallest absolute Gasteiger partial charge is 0.348 e. The second-order valence-electron chi connectivity index (χ2n) is 7.18. The second-order valence-corrected chi connectivity index (χ2v) is 8.23. The number of nitrogens with one attached hydrogen (secondary N) is 1. The Balaban J connectivity index is 1.28. The highest BCUT2D eigenvalue weighted by Crippen LogP contribution is 2.31. The van der Waals surface area contributed by atoms with Crippen molar-refractivity contribution in [3.05, 3.63) is 59.0 Å². The number of anilines is 2. The van der Waals surface area contributed by atoms with Crippen molar-refractivity contribution in [1.29, 1.82) is 0 Å². The number of hydrogen-bond acceptors (Lipinski definition) is 5. The number of rotatable bonds is 6. The lowest BCUT2D eigenvalue weighted by atomic mass is 10.1. The van der Waals surface area contributed by atoms with E-state index >= 15 is 0 Å². The van der Waals surface area contributed by atoms with Crippen LogP contribution in [0.1, 0.15) is 34.5 Å². The van der Waals surface area contributed by atoms with E-state index in [-0.39, 0.29) is 24.8 Å². The second kappa shape index (κ2) is 8.67. The molecule has 0 aliphatic carbocycles. The Kier molecular flexibility index (Phi) is 5.81. The summed E-state index contributed by atoms with van der Waals surface area (Å²) in [6.07, 6.45) is 1.53. The molecule has 0 bridgehead atoms. The molecule has 0 saturated carbocycles. The first kappa shape index (κ1) is 20.1. The molecule has 2 heterocycles. The van der Waals surface area contributed by atoms with E-state index in [1.54, 1.807) is 17.0 Å². The van der Waals surface area contributed by atoms with E-state index in [2.05, 4.69) is 5.32 Å². The van der Waals surface area contributed by atoms with Crippen molar-refractivity contribution in [3.63, 3.8) is 0 Å². The van der Waals surface area contributed by atoms with E-state index < -0.39 is 5.97 Å². The number of hydrogen-bond donors (Lipinski definition) is 1. The number of thiophene rings is 1. The van der Waals surface area contributed by atoms with Crippen molar-refractivity contribution in [3.8, 4) is 0 Å². The molecule has 7 heteroatoms. The first-order valence-electron chi connectivity index (χ1n) is 9.88. The van der Waals surface area contributed by atoms with Crippen LogP contribution in [0.25, 0.3) is 10.1 Å². The van der Waals surface area contributed by atoms with Crippen molar-refractivity contribution in [2.24, 2.45) is 0 Å². The van der Waals surface area contributed by atoms with Gasteiger partial charge in [-0.05, 0) is 54.6 Å². The molecule has 4 rings (SSSR count). The van der Waals surface area contributed by atoms with Crippen LogP contribution in [0, 0.1) is 6.92 Å². The van der Waals surface area contributed by atoms with E-state index in [1.807, 2.05) is 43.3 Å². The van der Waals surface area contributed by atoms with Gasteiger partial charge in [-0.15, -0.1) is 11.3 Å². The first-order chi connectivity index (χ1) is 14.5. The number of carbonyl (C=O) groups is 3. The molecule has 0 unspecified atom stereocenters. The van der Waals surface area contributed by atoms with Crippen molar-refractivity contribution in [2.45, 2.75) is 26.2 Å². The van der Waals surface area contributed by atoms with Crippen LogP contribution in [0.15, 0.2) is 48.5 Å². The molecule has 154 valence electrons. The fourth-order valence-electron chi connectivity index (χ4n) is 3.54. The van der Waals surface area contributed by atoms with Crippen LogP contribution < -0.4 is 10.2 Å². The fourth-order valence-corrected chi connectivity index (χ4v) is 4.64. The largest absolute Gasteiger partial charge is 0.461 e. The highest BCUT2D eigenvalue weighted by Gasteiger charge is 2.21. The van der Waals surface area contributed by atoms with Gasteiger partial charge in [0.25, 0.3) is 0 Å². The quantitative estimate of drug-likeness (QED) is 0.593. The monoisotopic (exact) mass is 422 g/mol. The van der Waals surface area contributed by atoms with Crippen LogP contribution >= 0.6 is 11.3 Å². The Labute approximate surface area is 178 Å². The molecule has 2 aromatic carbocycles. The fraction of sp³-hybridized carbons (Fsp3) is 0.261. The summed E-state index contributed by atoms with van der Waals surface area (Å²) >= 11 is 1.40. The number of esters is 1. The van der Waals surface area contributed by atoms with Crippen LogP contribution in [0.4, 0.5) is 11.4 Å². The summed E-state index contributed by atoms with van der Waals surface area (Å²) in [5.41, 5.74) is 2.38. The van der Waals surface area contributed by atoms with Crippen molar-refractivity contribution in [1.82, 2.24) is 0 Å². The van der Waals surface area contributed by atoms with E-state index in [0.717, 1.165) is 34.3 Å².